The molecular formula is C118H89N3O13Si2. The molecule has 5 aromatic carbocycles. The summed E-state index contributed by atoms with van der Waals surface area (Å²) in [5, 5.41) is 40.7. The number of cyclic esters (lactones) is 1. The minimum absolute atomic E-state index is 0.0130. The lowest BCUT2D eigenvalue weighted by Gasteiger charge is -2.37. The molecule has 1 fully saturated rings. The Kier molecular flexibility index (Phi) is 44.6. The van der Waals surface area contributed by atoms with E-state index in [1.807, 2.05) is 140 Å². The quantitative estimate of drug-likeness (QED) is 0.0425. The van der Waals surface area contributed by atoms with Gasteiger partial charge in [-0.25, -0.2) is 9.69 Å². The molecule has 3 N–H and O–H groups in total. The first-order chi connectivity index (χ1) is 65.3. The third kappa shape index (κ3) is 37.0. The minimum atomic E-state index is -2.10. The first-order valence-electron chi connectivity index (χ1n) is 41.5. The van der Waals surface area contributed by atoms with Crippen LogP contribution in [0.15, 0.2) is 161 Å². The van der Waals surface area contributed by atoms with Crippen LogP contribution in [-0.2, 0) is 59.1 Å². The van der Waals surface area contributed by atoms with Crippen molar-refractivity contribution in [2.24, 2.45) is 0 Å². The zero-order valence-electron chi connectivity index (χ0n) is 78.0. The summed E-state index contributed by atoms with van der Waals surface area (Å²) >= 11 is 0. The van der Waals surface area contributed by atoms with Gasteiger partial charge in [0.05, 0.1) is 26.4 Å². The van der Waals surface area contributed by atoms with Crippen molar-refractivity contribution >= 4 is 34.4 Å². The molecule has 0 radical (unpaired) electrons. The van der Waals surface area contributed by atoms with E-state index in [9.17, 15) is 29.7 Å². The summed E-state index contributed by atoms with van der Waals surface area (Å²) in [5.74, 6) is 125. The third-order valence-electron chi connectivity index (χ3n) is 19.8. The van der Waals surface area contributed by atoms with Crippen LogP contribution < -0.4 is 0 Å². The maximum absolute atomic E-state index is 14.7. The fourth-order valence-corrected chi connectivity index (χ4v) is 12.4. The number of ketones is 1. The molecule has 2 aromatic heterocycles. The molecule has 0 saturated carbocycles. The Morgan fingerprint density at radius 2 is 0.632 bits per heavy atom. The molecular weight excluding hydrogens is 1720 g/mol. The zero-order valence-corrected chi connectivity index (χ0v) is 80.0. The van der Waals surface area contributed by atoms with Crippen molar-refractivity contribution in [3.63, 3.8) is 0 Å². The van der Waals surface area contributed by atoms with Crippen molar-refractivity contribution in [1.82, 2.24) is 15.2 Å². The van der Waals surface area contributed by atoms with Crippen molar-refractivity contribution in [3.8, 4) is 318 Å². The average Bonchev–Trinajstić information content (AvgIpc) is 1.57. The summed E-state index contributed by atoms with van der Waals surface area (Å²) in [4.78, 5) is 41.8. The summed E-state index contributed by atoms with van der Waals surface area (Å²) in [6.07, 6.45) is -3.87. The molecule has 0 bridgehead atoms. The number of nitrogens with zero attached hydrogens (tertiary/aromatic N) is 3. The molecule has 2 amide bonds. The number of carbonyl (C=O) groups is 3. The Labute approximate surface area is 803 Å². The number of carbonyl (C=O) groups excluding carboxylic acids is 3. The molecule has 136 heavy (non-hydrogen) atoms. The van der Waals surface area contributed by atoms with E-state index in [0.717, 1.165) is 38.3 Å². The van der Waals surface area contributed by atoms with E-state index in [1.165, 1.54) is 13.8 Å². The minimum Gasteiger partial charge on any atom is -0.440 e. The van der Waals surface area contributed by atoms with Crippen molar-refractivity contribution < 1.29 is 61.8 Å². The average molecular weight is 1810 g/mol. The Morgan fingerprint density at radius 3 is 0.897 bits per heavy atom. The number of amides is 2. The summed E-state index contributed by atoms with van der Waals surface area (Å²) in [7, 11) is -4.11. The molecule has 16 nitrogen and oxygen atoms in total. The van der Waals surface area contributed by atoms with Crippen LogP contribution >= 0.6 is 0 Å². The highest BCUT2D eigenvalue weighted by molar-refractivity contribution is 6.74. The van der Waals surface area contributed by atoms with Gasteiger partial charge in [0.2, 0.25) is 0 Å². The van der Waals surface area contributed by atoms with Gasteiger partial charge in [-0.3, -0.25) is 9.59 Å². The van der Waals surface area contributed by atoms with Crippen LogP contribution in [-0.4, -0.2) is 88.4 Å². The summed E-state index contributed by atoms with van der Waals surface area (Å²) < 4.78 is 41.4. The highest BCUT2D eigenvalue weighted by atomic mass is 28.4. The van der Waals surface area contributed by atoms with E-state index < -0.39 is 76.1 Å². The van der Waals surface area contributed by atoms with Gasteiger partial charge >= 0.3 is 6.09 Å². The molecule has 8 rings (SSSR count). The number of imide groups is 1. The van der Waals surface area contributed by atoms with Crippen molar-refractivity contribution in [2.45, 2.75) is 181 Å². The van der Waals surface area contributed by atoms with Gasteiger partial charge in [0.1, 0.15) is 41.8 Å². The normalized spacial score (nSPS) is 11.9. The lowest BCUT2D eigenvalue weighted by molar-refractivity contribution is -0.175. The molecule has 662 valence electrons. The lowest BCUT2D eigenvalue weighted by Crippen LogP contribution is -2.54. The molecule has 0 spiro atoms. The van der Waals surface area contributed by atoms with Crippen LogP contribution in [0, 0.1) is 296 Å². The first kappa shape index (κ1) is 107. The number of hydrogen-bond donors (Lipinski definition) is 3. The van der Waals surface area contributed by atoms with E-state index in [4.69, 9.17) is 32.1 Å². The Bertz CT molecular complexity index is 7120. The number of rotatable bonds is 22. The van der Waals surface area contributed by atoms with Crippen LogP contribution in [0.1, 0.15) is 141 Å². The molecule has 7 aromatic rings. The van der Waals surface area contributed by atoms with Crippen molar-refractivity contribution in [1.29, 1.82) is 0 Å². The Balaban J connectivity index is 0.000000318. The number of hydrogen-bond acceptors (Lipinski definition) is 15. The van der Waals surface area contributed by atoms with E-state index >= 15 is 0 Å². The third-order valence-corrected chi connectivity index (χ3v) is 28.8. The van der Waals surface area contributed by atoms with Gasteiger partial charge in [-0.2, -0.15) is 0 Å². The standard InChI is InChI=1S/C52H6.C38H46N2O7Si.C28H37NO6Si/c1-3-5-7-9-11-13-15-17-19-21-23-25-27-29-31-33-35-37-39-41-43-45-47-49-51-52-50-48-46-44-42-40-38-36-34-32-30-28-26-24-22-20-18-16-14-12-10-8-6-4-2;1-36(2,3)48(7,8)45-25-30-23-31(39-47-30)33(41)38(6,44-24-26-19-21-28(22-20-26)27-15-11-9-12-16-27)34(42)40-32(29-17-13-10-14-18-29)37(4,5)46-35(40)43;1-27(2,3)36(5,6)34-19-23-16-24(29-35-23)26(32)28(4,25(31)17-30)33-18-20-12-14-22(15-13-20)21-10-8-7-9-11-21/h1-2H3;9-23,32-33,41H,24-25H2,1-8H3;7-16,26,30,32H,17-19H2,1-6H3/t;32-,33-,38-;26-,28+/m.00/s1. The van der Waals surface area contributed by atoms with Crippen LogP contribution in [0.5, 0.6) is 0 Å². The van der Waals surface area contributed by atoms with E-state index in [2.05, 4.69) is 374 Å². The van der Waals surface area contributed by atoms with Crippen molar-refractivity contribution in [2.75, 3.05) is 6.61 Å². The first-order valence-corrected chi connectivity index (χ1v) is 47.3. The summed E-state index contributed by atoms with van der Waals surface area (Å²) in [5.41, 5.74) is 2.05. The van der Waals surface area contributed by atoms with Crippen LogP contribution in [0.2, 0.25) is 36.3 Å². The number of ether oxygens (including phenoxy) is 3. The number of aromatic nitrogens is 2. The second-order valence-electron chi connectivity index (χ2n) is 31.8. The maximum atomic E-state index is 14.7. The van der Waals surface area contributed by atoms with Gasteiger partial charge < -0.3 is 47.4 Å². The highest BCUT2D eigenvalue weighted by Gasteiger charge is 2.58. The van der Waals surface area contributed by atoms with Crippen LogP contribution in [0.3, 0.4) is 0 Å². The van der Waals surface area contributed by atoms with Gasteiger partial charge in [-0.15, -0.1) is 0 Å². The molecule has 18 heteroatoms. The monoisotopic (exact) mass is 1810 g/mol. The maximum Gasteiger partial charge on any atom is 0.417 e. The topological polar surface area (TPSA) is 213 Å². The Morgan fingerprint density at radius 1 is 0.382 bits per heavy atom. The molecule has 1 aliphatic rings. The summed E-state index contributed by atoms with van der Waals surface area (Å²) in [6, 6.07) is 47.1. The van der Waals surface area contributed by atoms with Gasteiger partial charge in [0.25, 0.3) is 5.91 Å². The Hall–Kier alpha value is -17.7. The molecule has 0 aliphatic carbocycles. The lowest BCUT2D eigenvalue weighted by atomic mass is 9.88. The molecule has 1 saturated heterocycles. The van der Waals surface area contributed by atoms with Crippen LogP contribution in [0.25, 0.3) is 22.3 Å². The fraction of sp³-hybridized carbons (Fsp3) is 0.246. The van der Waals surface area contributed by atoms with E-state index in [1.54, 1.807) is 39.8 Å². The SMILES string of the molecule is CC#CC#CC#CC#CC#CC#CC#CC#CC#CC#CC#CC#CC#CC#CC#CC#CC#CC#CC#CC#CC#CC#CC#CC#CC#CC.CC(C)(C)[Si](C)(C)OCc1cc([C@H](O)[C@](C)(OCc2ccc(-c3ccccc3)cc2)C(=O)CO)no1.CC1(C)OC(=O)N(C(=O)[C@@](C)(OCc2ccc(-c3ccccc3)cc2)[C@@H](O)c2cc(CO[Si](C)(C)C(C)(C)C)on2)[C@H]1c1ccccc1. The van der Waals surface area contributed by atoms with Gasteiger partial charge in [0, 0.05) is 202 Å². The van der Waals surface area contributed by atoms with Crippen LogP contribution in [0.4, 0.5) is 4.79 Å². The van der Waals surface area contributed by atoms with Gasteiger partial charge in [0.15, 0.2) is 45.1 Å². The molecule has 3 heterocycles. The molecule has 1 aliphatic heterocycles. The number of Topliss-reactive ketones (excluding diaryl/α,β-unsaturated/α-hetero) is 1. The van der Waals surface area contributed by atoms with Gasteiger partial charge in [-0.1, -0.05) is 203 Å². The summed E-state index contributed by atoms with van der Waals surface area (Å²) in [6.45, 7) is 30.9. The van der Waals surface area contributed by atoms with Gasteiger partial charge in [-0.05, 0) is 211 Å². The second kappa shape index (κ2) is 56.7. The smallest absolute Gasteiger partial charge is 0.417 e. The number of benzene rings is 5. The number of aliphatic hydroxyl groups excluding tert-OH is 3. The molecule has 0 unspecified atom stereocenters. The fourth-order valence-electron chi connectivity index (χ4n) is 10.5. The zero-order chi connectivity index (χ0) is 98.8. The van der Waals surface area contributed by atoms with E-state index in [0.29, 0.717) is 17.1 Å². The predicted octanol–water partition coefficient (Wildman–Crippen LogP) is 14.9. The highest BCUT2D eigenvalue weighted by Crippen LogP contribution is 2.46. The van der Waals surface area contributed by atoms with E-state index in [-0.39, 0.29) is 47.9 Å². The predicted molar refractivity (Wildman–Crippen MR) is 531 cm³/mol. The second-order valence-corrected chi connectivity index (χ2v) is 41.4. The number of aliphatic hydroxyl groups is 3. The largest absolute Gasteiger partial charge is 0.440 e. The van der Waals surface area contributed by atoms with Crippen molar-refractivity contribution in [3.05, 3.63) is 191 Å². The molecule has 5 atom stereocenters.